The molecule has 2 nitrogen and oxygen atoms in total. The predicted octanol–water partition coefficient (Wildman–Crippen LogP) is 16.1. The Morgan fingerprint density at radius 3 is 1.67 bits per heavy atom. The number of benzene rings is 10. The molecule has 0 N–H and O–H groups in total. The molecule has 3 aliphatic rings. The minimum atomic E-state index is -0.525. The standard InChI is InChI=1S/C62H42N2/c1-61(2)52-25-10-6-22-46(52)51-36-41(32-35-53(51)61)63(43-31-34-49-48-23-9-13-29-58(48)64(59(49)38-43)40-18-4-3-5-19-40)42-30-33-47-44-20-7-11-26-54(44)62(57(47)37-42)55-27-12-8-21-45(55)50-24-14-16-39-17-15-28-56(62)60(39)50/h3-38H,1-2H3. The SMILES string of the molecule is CC1(C)c2ccccc2-c2cc(N(c3ccc4c(c3)C3(c5ccccc5-4)c4ccccc4-c4cccc5cccc3c45)c3ccc4c5ccccc5n(-c5ccccc5)c4c3)ccc21. The first-order valence-corrected chi connectivity index (χ1v) is 22.5. The maximum atomic E-state index is 2.53. The second-order valence-electron chi connectivity index (χ2n) is 18.4. The van der Waals surface area contributed by atoms with Gasteiger partial charge in [-0.05, 0) is 132 Å². The average Bonchev–Trinajstić information content (AvgIpc) is 3.92. The fourth-order valence-corrected chi connectivity index (χ4v) is 12.3. The van der Waals surface area contributed by atoms with Gasteiger partial charge in [-0.3, -0.25) is 0 Å². The fourth-order valence-electron chi connectivity index (χ4n) is 12.3. The van der Waals surface area contributed by atoms with Crippen molar-refractivity contribution in [1.29, 1.82) is 0 Å². The van der Waals surface area contributed by atoms with Crippen LogP contribution in [0.2, 0.25) is 0 Å². The van der Waals surface area contributed by atoms with E-state index in [1.54, 1.807) is 0 Å². The van der Waals surface area contributed by atoms with Crippen LogP contribution in [-0.2, 0) is 10.8 Å². The third-order valence-electron chi connectivity index (χ3n) is 15.0. The molecule has 0 fully saturated rings. The van der Waals surface area contributed by atoms with Crippen molar-refractivity contribution < 1.29 is 0 Å². The maximum absolute atomic E-state index is 2.53. The highest BCUT2D eigenvalue weighted by molar-refractivity contribution is 6.11. The van der Waals surface area contributed by atoms with Crippen LogP contribution in [0.3, 0.4) is 0 Å². The molecule has 0 radical (unpaired) electrons. The third-order valence-corrected chi connectivity index (χ3v) is 15.0. The van der Waals surface area contributed by atoms with Crippen LogP contribution in [0.4, 0.5) is 17.1 Å². The number of fused-ring (bicyclic) bond motifs is 15. The zero-order chi connectivity index (χ0) is 42.3. The van der Waals surface area contributed by atoms with Crippen LogP contribution in [0.15, 0.2) is 218 Å². The van der Waals surface area contributed by atoms with E-state index in [2.05, 4.69) is 242 Å². The lowest BCUT2D eigenvalue weighted by Crippen LogP contribution is -2.32. The van der Waals surface area contributed by atoms with Gasteiger partial charge in [0, 0.05) is 38.9 Å². The maximum Gasteiger partial charge on any atom is 0.0726 e. The van der Waals surface area contributed by atoms with Gasteiger partial charge < -0.3 is 9.47 Å². The molecule has 0 amide bonds. The number of rotatable bonds is 4. The summed E-state index contributed by atoms with van der Waals surface area (Å²) in [6, 6.07) is 82.2. The number of nitrogens with zero attached hydrogens (tertiary/aromatic N) is 2. The Bertz CT molecular complexity index is 3770. The Balaban J connectivity index is 1.07. The minimum absolute atomic E-state index is 0.0950. The van der Waals surface area contributed by atoms with E-state index in [1.807, 2.05) is 0 Å². The van der Waals surface area contributed by atoms with Gasteiger partial charge in [0.2, 0.25) is 0 Å². The minimum Gasteiger partial charge on any atom is -0.310 e. The lowest BCUT2D eigenvalue weighted by atomic mass is 9.61. The molecule has 1 unspecified atom stereocenters. The van der Waals surface area contributed by atoms with Gasteiger partial charge in [0.15, 0.2) is 0 Å². The van der Waals surface area contributed by atoms with Crippen LogP contribution in [-0.4, -0.2) is 4.57 Å². The van der Waals surface area contributed by atoms with Gasteiger partial charge in [-0.1, -0.05) is 178 Å². The summed E-state index contributed by atoms with van der Waals surface area (Å²) in [4.78, 5) is 2.51. The van der Waals surface area contributed by atoms with Crippen LogP contribution in [0.1, 0.15) is 47.2 Å². The van der Waals surface area contributed by atoms with Gasteiger partial charge in [-0.2, -0.15) is 0 Å². The van der Waals surface area contributed by atoms with Crippen molar-refractivity contribution in [2.45, 2.75) is 24.7 Å². The van der Waals surface area contributed by atoms with Crippen LogP contribution >= 0.6 is 0 Å². The molecular formula is C62H42N2. The van der Waals surface area contributed by atoms with E-state index in [-0.39, 0.29) is 5.41 Å². The van der Waals surface area contributed by atoms with E-state index in [4.69, 9.17) is 0 Å². The molecule has 1 aromatic heterocycles. The normalized spacial score (nSPS) is 15.8. The van der Waals surface area contributed by atoms with Crippen molar-refractivity contribution in [3.63, 3.8) is 0 Å². The summed E-state index contributed by atoms with van der Waals surface area (Å²) in [6.45, 7) is 4.73. The highest BCUT2D eigenvalue weighted by atomic mass is 15.1. The zero-order valence-electron chi connectivity index (χ0n) is 35.7. The molecule has 0 bridgehead atoms. The van der Waals surface area contributed by atoms with Crippen molar-refractivity contribution in [3.05, 3.63) is 252 Å². The van der Waals surface area contributed by atoms with Crippen molar-refractivity contribution in [1.82, 2.24) is 4.57 Å². The molecule has 1 spiro atoms. The molecule has 3 aliphatic carbocycles. The van der Waals surface area contributed by atoms with Gasteiger partial charge in [-0.25, -0.2) is 0 Å². The molecule has 1 atom stereocenters. The Kier molecular flexibility index (Phi) is 7.13. The summed E-state index contributed by atoms with van der Waals surface area (Å²) in [5.74, 6) is 0. The van der Waals surface area contributed by atoms with E-state index >= 15 is 0 Å². The molecule has 14 rings (SSSR count). The van der Waals surface area contributed by atoms with Crippen molar-refractivity contribution >= 4 is 49.6 Å². The van der Waals surface area contributed by atoms with Crippen molar-refractivity contribution in [2.24, 2.45) is 0 Å². The Morgan fingerprint density at radius 2 is 0.875 bits per heavy atom. The van der Waals surface area contributed by atoms with E-state index in [1.165, 1.54) is 99.3 Å². The molecule has 10 aromatic carbocycles. The molecular weight excluding hydrogens is 773 g/mol. The number of aromatic nitrogens is 1. The van der Waals surface area contributed by atoms with Crippen molar-refractivity contribution in [3.8, 4) is 39.1 Å². The number of hydrogen-bond donors (Lipinski definition) is 0. The number of para-hydroxylation sites is 2. The van der Waals surface area contributed by atoms with E-state index in [0.29, 0.717) is 0 Å². The molecule has 11 aromatic rings. The second-order valence-corrected chi connectivity index (χ2v) is 18.4. The van der Waals surface area contributed by atoms with Gasteiger partial charge in [0.25, 0.3) is 0 Å². The van der Waals surface area contributed by atoms with E-state index in [9.17, 15) is 0 Å². The molecule has 0 saturated carbocycles. The van der Waals surface area contributed by atoms with Gasteiger partial charge >= 0.3 is 0 Å². The highest BCUT2D eigenvalue weighted by Crippen LogP contribution is 2.62. The molecule has 2 heteroatoms. The van der Waals surface area contributed by atoms with Gasteiger partial charge in [-0.15, -0.1) is 0 Å². The predicted molar refractivity (Wildman–Crippen MR) is 267 cm³/mol. The summed E-state index contributed by atoms with van der Waals surface area (Å²) in [5.41, 5.74) is 22.2. The monoisotopic (exact) mass is 814 g/mol. The Hall–Kier alpha value is -7.94. The first kappa shape index (κ1) is 35.6. The lowest BCUT2D eigenvalue weighted by molar-refractivity contribution is 0.660. The van der Waals surface area contributed by atoms with Crippen molar-refractivity contribution in [2.75, 3.05) is 4.90 Å². The Labute approximate surface area is 372 Å². The molecule has 1 heterocycles. The molecule has 300 valence electrons. The third kappa shape index (κ3) is 4.54. The quantitative estimate of drug-likeness (QED) is 0.172. The molecule has 0 saturated heterocycles. The van der Waals surface area contributed by atoms with E-state index < -0.39 is 5.41 Å². The number of hydrogen-bond acceptors (Lipinski definition) is 1. The zero-order valence-corrected chi connectivity index (χ0v) is 35.7. The highest BCUT2D eigenvalue weighted by Gasteiger charge is 2.50. The largest absolute Gasteiger partial charge is 0.310 e. The average molecular weight is 815 g/mol. The van der Waals surface area contributed by atoms with Gasteiger partial charge in [0.1, 0.15) is 0 Å². The summed E-state index contributed by atoms with van der Waals surface area (Å²) in [6.07, 6.45) is 0. The van der Waals surface area contributed by atoms with Crippen LogP contribution in [0.5, 0.6) is 0 Å². The summed E-state index contributed by atoms with van der Waals surface area (Å²) in [5, 5.41) is 5.10. The molecule has 64 heavy (non-hydrogen) atoms. The van der Waals surface area contributed by atoms with Gasteiger partial charge in [0.05, 0.1) is 16.4 Å². The first-order valence-electron chi connectivity index (χ1n) is 22.5. The topological polar surface area (TPSA) is 8.17 Å². The fraction of sp³-hybridized carbons (Fsp3) is 0.0645. The first-order chi connectivity index (χ1) is 31.5. The summed E-state index contributed by atoms with van der Waals surface area (Å²) in [7, 11) is 0. The lowest BCUT2D eigenvalue weighted by Gasteiger charge is -2.40. The summed E-state index contributed by atoms with van der Waals surface area (Å²) >= 11 is 0. The second kappa shape index (κ2) is 12.8. The summed E-state index contributed by atoms with van der Waals surface area (Å²) < 4.78 is 2.43. The molecule has 0 aliphatic heterocycles. The Morgan fingerprint density at radius 1 is 0.344 bits per heavy atom. The van der Waals surface area contributed by atoms with Crippen LogP contribution in [0.25, 0.3) is 71.6 Å². The van der Waals surface area contributed by atoms with Crippen LogP contribution in [0, 0.1) is 0 Å². The van der Waals surface area contributed by atoms with E-state index in [0.717, 1.165) is 22.7 Å². The van der Waals surface area contributed by atoms with Crippen LogP contribution < -0.4 is 4.90 Å². The smallest absolute Gasteiger partial charge is 0.0726 e. The number of anilines is 3.